The lowest BCUT2D eigenvalue weighted by atomic mass is 9.91. The van der Waals surface area contributed by atoms with E-state index in [1.807, 2.05) is 13.0 Å². The fraction of sp³-hybridized carbons (Fsp3) is 0.400. The van der Waals surface area contributed by atoms with Gasteiger partial charge in [0.25, 0.3) is 0 Å². The number of benzene rings is 1. The number of aromatic nitrogens is 3. The van der Waals surface area contributed by atoms with Gasteiger partial charge in [-0.1, -0.05) is 45.1 Å². The van der Waals surface area contributed by atoms with E-state index in [4.69, 9.17) is 5.73 Å². The van der Waals surface area contributed by atoms with E-state index in [0.717, 1.165) is 22.9 Å². The van der Waals surface area contributed by atoms with Crippen LogP contribution in [0.1, 0.15) is 44.6 Å². The first-order chi connectivity index (χ1) is 12.5. The summed E-state index contributed by atoms with van der Waals surface area (Å²) in [5.74, 6) is 1.67. The molecule has 1 aliphatic rings. The first-order valence-electron chi connectivity index (χ1n) is 9.20. The van der Waals surface area contributed by atoms with Crippen molar-refractivity contribution in [3.8, 4) is 5.75 Å². The third-order valence-corrected chi connectivity index (χ3v) is 4.83. The summed E-state index contributed by atoms with van der Waals surface area (Å²) in [6.45, 7) is 4.24. The second kappa shape index (κ2) is 8.08. The molecule has 138 valence electrons. The number of phenols is 1. The molecule has 0 bridgehead atoms. The number of rotatable bonds is 2. The molecule has 3 aromatic rings. The van der Waals surface area contributed by atoms with Crippen molar-refractivity contribution in [2.75, 3.05) is 11.1 Å². The van der Waals surface area contributed by atoms with Crippen molar-refractivity contribution in [2.24, 2.45) is 5.92 Å². The first-order valence-corrected chi connectivity index (χ1v) is 9.20. The molecule has 0 aliphatic heterocycles. The van der Waals surface area contributed by atoms with Gasteiger partial charge in [0.05, 0.1) is 5.69 Å². The molecule has 2 aromatic heterocycles. The van der Waals surface area contributed by atoms with Crippen LogP contribution >= 0.6 is 0 Å². The molecular weight excluding hydrogens is 326 g/mol. The number of hydrogen-bond donors (Lipinski definition) is 3. The molecule has 4 N–H and O–H groups in total. The van der Waals surface area contributed by atoms with E-state index in [-0.39, 0.29) is 5.75 Å². The third kappa shape index (κ3) is 4.25. The number of nitrogens with two attached hydrogens (primary N) is 1. The van der Waals surface area contributed by atoms with Crippen LogP contribution in [-0.4, -0.2) is 19.7 Å². The predicted octanol–water partition coefficient (Wildman–Crippen LogP) is 4.66. The quantitative estimate of drug-likeness (QED) is 0.624. The van der Waals surface area contributed by atoms with Gasteiger partial charge in [-0.25, -0.2) is 9.50 Å². The molecule has 6 nitrogen and oxygen atoms in total. The molecule has 0 spiro atoms. The van der Waals surface area contributed by atoms with E-state index < -0.39 is 0 Å². The molecule has 1 aliphatic carbocycles. The summed E-state index contributed by atoms with van der Waals surface area (Å²) in [5.41, 5.74) is 8.93. The molecule has 4 rings (SSSR count). The van der Waals surface area contributed by atoms with Crippen LogP contribution in [0.5, 0.6) is 5.75 Å². The van der Waals surface area contributed by atoms with Gasteiger partial charge in [-0.3, -0.25) is 0 Å². The lowest BCUT2D eigenvalue weighted by Gasteiger charge is -2.15. The molecule has 1 fully saturated rings. The molecule has 2 heterocycles. The molecule has 0 saturated heterocycles. The highest BCUT2D eigenvalue weighted by Gasteiger charge is 2.11. The third-order valence-electron chi connectivity index (χ3n) is 4.83. The Labute approximate surface area is 154 Å². The lowest BCUT2D eigenvalue weighted by molar-refractivity contribution is 0.385. The number of hydrogen-bond acceptors (Lipinski definition) is 5. The monoisotopic (exact) mass is 353 g/mol. The maximum absolute atomic E-state index is 9.49. The predicted molar refractivity (Wildman–Crippen MR) is 106 cm³/mol. The van der Waals surface area contributed by atoms with Crippen LogP contribution in [0.15, 0.2) is 36.7 Å². The summed E-state index contributed by atoms with van der Waals surface area (Å²) >= 11 is 0. The molecule has 26 heavy (non-hydrogen) atoms. The highest BCUT2D eigenvalue weighted by Crippen LogP contribution is 2.28. The van der Waals surface area contributed by atoms with Crippen LogP contribution < -0.4 is 11.1 Å². The minimum absolute atomic E-state index is 0.198. The smallest absolute Gasteiger partial charge is 0.177 e. The maximum atomic E-state index is 9.49. The zero-order chi connectivity index (χ0) is 18.5. The van der Waals surface area contributed by atoms with Gasteiger partial charge in [0.2, 0.25) is 0 Å². The van der Waals surface area contributed by atoms with Crippen LogP contribution in [0.25, 0.3) is 5.65 Å². The summed E-state index contributed by atoms with van der Waals surface area (Å²) in [4.78, 5) is 4.26. The number of nitrogens with one attached hydrogen (secondary N) is 1. The fourth-order valence-electron chi connectivity index (χ4n) is 3.23. The van der Waals surface area contributed by atoms with Crippen molar-refractivity contribution in [1.82, 2.24) is 14.6 Å². The summed E-state index contributed by atoms with van der Waals surface area (Å²) in [6, 6.07) is 6.87. The van der Waals surface area contributed by atoms with Gasteiger partial charge in [0.15, 0.2) is 5.65 Å². The largest absolute Gasteiger partial charge is 0.508 e. The van der Waals surface area contributed by atoms with E-state index in [1.54, 1.807) is 35.1 Å². The Bertz CT molecular complexity index is 868. The van der Waals surface area contributed by atoms with Gasteiger partial charge in [0.1, 0.15) is 11.6 Å². The normalized spacial score (nSPS) is 14.7. The Kier molecular flexibility index (Phi) is 5.61. The van der Waals surface area contributed by atoms with Crippen molar-refractivity contribution in [1.29, 1.82) is 0 Å². The number of aromatic hydroxyl groups is 1. The van der Waals surface area contributed by atoms with Gasteiger partial charge in [-0.15, -0.1) is 5.10 Å². The highest BCUT2D eigenvalue weighted by molar-refractivity contribution is 5.79. The van der Waals surface area contributed by atoms with Crippen LogP contribution in [0.2, 0.25) is 0 Å². The molecule has 6 heteroatoms. The Morgan fingerprint density at radius 3 is 2.65 bits per heavy atom. The van der Waals surface area contributed by atoms with Gasteiger partial charge in [0, 0.05) is 29.7 Å². The van der Waals surface area contributed by atoms with Crippen molar-refractivity contribution in [2.45, 2.75) is 46.0 Å². The summed E-state index contributed by atoms with van der Waals surface area (Å²) in [5, 5.41) is 16.9. The zero-order valence-electron chi connectivity index (χ0n) is 15.4. The molecule has 1 saturated carbocycles. The zero-order valence-corrected chi connectivity index (χ0v) is 15.4. The van der Waals surface area contributed by atoms with Crippen molar-refractivity contribution >= 4 is 22.8 Å². The van der Waals surface area contributed by atoms with Crippen LogP contribution in [-0.2, 0) is 0 Å². The number of anilines is 3. The summed E-state index contributed by atoms with van der Waals surface area (Å²) < 4.78 is 1.62. The second-order valence-electron chi connectivity index (χ2n) is 7.00. The van der Waals surface area contributed by atoms with Gasteiger partial charge in [-0.2, -0.15) is 0 Å². The highest BCUT2D eigenvalue weighted by atomic mass is 16.3. The minimum Gasteiger partial charge on any atom is -0.508 e. The number of nitrogen functional groups attached to an aromatic ring is 1. The van der Waals surface area contributed by atoms with Crippen molar-refractivity contribution < 1.29 is 5.11 Å². The molecule has 0 amide bonds. The van der Waals surface area contributed by atoms with Crippen LogP contribution in [0.4, 0.5) is 17.2 Å². The minimum atomic E-state index is 0.198. The van der Waals surface area contributed by atoms with Crippen molar-refractivity contribution in [3.63, 3.8) is 0 Å². The van der Waals surface area contributed by atoms with E-state index >= 15 is 0 Å². The Balaban J connectivity index is 0.000000236. The van der Waals surface area contributed by atoms with E-state index in [0.29, 0.717) is 11.5 Å². The molecule has 1 aromatic carbocycles. The summed E-state index contributed by atoms with van der Waals surface area (Å²) in [6.07, 6.45) is 10.8. The Morgan fingerprint density at radius 1 is 1.23 bits per heavy atom. The molecule has 0 unspecified atom stereocenters. The van der Waals surface area contributed by atoms with Crippen LogP contribution in [0.3, 0.4) is 0 Å². The van der Waals surface area contributed by atoms with Crippen molar-refractivity contribution in [3.05, 3.63) is 42.2 Å². The summed E-state index contributed by atoms with van der Waals surface area (Å²) in [7, 11) is 0. The standard InChI is InChI=1S/C13H13N5O.C7H14/c1-8-11(16-9-3-2-4-10(19)7-9)13-15-5-6-18(13)17-12(8)14;1-7-5-3-2-4-6-7/h2-7,16,19H,1H3,(H2,14,17);7H,2-6H2,1H3. The second-order valence-corrected chi connectivity index (χ2v) is 7.00. The number of phenolic OH excluding ortho intramolecular Hbond substituents is 1. The Hall–Kier alpha value is -2.76. The average Bonchev–Trinajstić information content (AvgIpc) is 3.08. The molecule has 0 radical (unpaired) electrons. The van der Waals surface area contributed by atoms with Crippen LogP contribution in [0, 0.1) is 12.8 Å². The van der Waals surface area contributed by atoms with E-state index in [1.165, 1.54) is 32.1 Å². The molecular formula is C20H27N5O. The maximum Gasteiger partial charge on any atom is 0.177 e. The van der Waals surface area contributed by atoms with Gasteiger partial charge < -0.3 is 16.2 Å². The topological polar surface area (TPSA) is 88.5 Å². The van der Waals surface area contributed by atoms with E-state index in [9.17, 15) is 5.11 Å². The molecule has 0 atom stereocenters. The van der Waals surface area contributed by atoms with Gasteiger partial charge in [-0.05, 0) is 25.0 Å². The van der Waals surface area contributed by atoms with Gasteiger partial charge >= 0.3 is 0 Å². The number of fused-ring (bicyclic) bond motifs is 1. The Morgan fingerprint density at radius 2 is 2.00 bits per heavy atom. The van der Waals surface area contributed by atoms with E-state index in [2.05, 4.69) is 22.3 Å². The first kappa shape index (κ1) is 18.0. The average molecular weight is 353 g/mol. The number of imidazole rings is 1. The fourth-order valence-corrected chi connectivity index (χ4v) is 3.23. The lowest BCUT2D eigenvalue weighted by Crippen LogP contribution is -2.05. The number of nitrogens with zero attached hydrogens (tertiary/aromatic N) is 3. The SMILES string of the molecule is CC1CCCCC1.Cc1c(N)nn2ccnc2c1Nc1cccc(O)c1.